The number of rotatable bonds is 6. The molecule has 0 aromatic heterocycles. The van der Waals surface area contributed by atoms with Gasteiger partial charge >= 0.3 is 6.18 Å². The van der Waals surface area contributed by atoms with Crippen LogP contribution in [0.15, 0.2) is 48.5 Å². The van der Waals surface area contributed by atoms with Crippen LogP contribution in [-0.2, 0) is 23.9 Å². The molecule has 1 amide bonds. The van der Waals surface area contributed by atoms with Crippen molar-refractivity contribution in [1.29, 1.82) is 0 Å². The van der Waals surface area contributed by atoms with Crippen molar-refractivity contribution in [1.82, 2.24) is 4.90 Å². The van der Waals surface area contributed by atoms with Crippen LogP contribution in [0.4, 0.5) is 18.9 Å². The largest absolute Gasteiger partial charge is 0.416 e. The number of aryl methyl sites for hydroxylation is 1. The first kappa shape index (κ1) is 19.0. The topological polar surface area (TPSA) is 32.3 Å². The highest BCUT2D eigenvalue weighted by molar-refractivity contribution is 5.92. The third kappa shape index (κ3) is 5.90. The van der Waals surface area contributed by atoms with E-state index in [9.17, 15) is 18.0 Å². The van der Waals surface area contributed by atoms with Gasteiger partial charge in [-0.05, 0) is 48.9 Å². The lowest BCUT2D eigenvalue weighted by molar-refractivity contribution is -0.137. The van der Waals surface area contributed by atoms with Crippen LogP contribution in [-0.4, -0.2) is 24.4 Å². The van der Waals surface area contributed by atoms with Crippen LogP contribution in [0.5, 0.6) is 0 Å². The molecule has 0 fully saturated rings. The monoisotopic (exact) mass is 350 g/mol. The summed E-state index contributed by atoms with van der Waals surface area (Å²) in [6, 6.07) is 12.6. The number of benzene rings is 2. The molecule has 25 heavy (non-hydrogen) atoms. The molecule has 2 aromatic carbocycles. The maximum Gasteiger partial charge on any atom is 0.416 e. The highest BCUT2D eigenvalue weighted by Crippen LogP contribution is 2.29. The highest BCUT2D eigenvalue weighted by atomic mass is 19.4. The quantitative estimate of drug-likeness (QED) is 0.841. The number of hydrogen-bond donors (Lipinski definition) is 1. The van der Waals surface area contributed by atoms with E-state index in [1.165, 1.54) is 17.7 Å². The maximum atomic E-state index is 12.5. The number of nitrogens with one attached hydrogen (secondary N) is 1. The second-order valence-corrected chi connectivity index (χ2v) is 5.97. The lowest BCUT2D eigenvalue weighted by atomic mass is 10.1. The fraction of sp³-hybridized carbons (Fsp3) is 0.316. The molecule has 3 nitrogen and oxygen atoms in total. The summed E-state index contributed by atoms with van der Waals surface area (Å²) in [7, 11) is 1.82. The van der Waals surface area contributed by atoms with E-state index < -0.39 is 11.7 Å². The summed E-state index contributed by atoms with van der Waals surface area (Å²) in [5, 5.41) is 2.61. The lowest BCUT2D eigenvalue weighted by Gasteiger charge is -2.17. The molecule has 1 N–H and O–H groups in total. The molecular weight excluding hydrogens is 329 g/mol. The van der Waals surface area contributed by atoms with Crippen LogP contribution in [0.25, 0.3) is 0 Å². The Morgan fingerprint density at radius 2 is 1.56 bits per heavy atom. The van der Waals surface area contributed by atoms with E-state index >= 15 is 0 Å². The van der Waals surface area contributed by atoms with E-state index in [0.29, 0.717) is 12.2 Å². The van der Waals surface area contributed by atoms with Crippen molar-refractivity contribution in [2.45, 2.75) is 26.1 Å². The molecule has 2 rings (SSSR count). The van der Waals surface area contributed by atoms with Crippen molar-refractivity contribution in [2.24, 2.45) is 0 Å². The third-order valence-corrected chi connectivity index (χ3v) is 3.79. The average Bonchev–Trinajstić information content (AvgIpc) is 2.55. The van der Waals surface area contributed by atoms with Gasteiger partial charge in [0.05, 0.1) is 12.1 Å². The number of halogens is 3. The number of nitrogens with zero attached hydrogens (tertiary/aromatic N) is 1. The Kier molecular flexibility index (Phi) is 6.20. The van der Waals surface area contributed by atoms with Crippen molar-refractivity contribution in [2.75, 3.05) is 18.9 Å². The second kappa shape index (κ2) is 8.16. The van der Waals surface area contributed by atoms with Crippen LogP contribution in [0.3, 0.4) is 0 Å². The minimum absolute atomic E-state index is 0.149. The van der Waals surface area contributed by atoms with Crippen molar-refractivity contribution in [3.05, 3.63) is 65.2 Å². The van der Waals surface area contributed by atoms with Gasteiger partial charge in [-0.2, -0.15) is 13.2 Å². The Morgan fingerprint density at radius 3 is 2.08 bits per heavy atom. The Balaban J connectivity index is 1.86. The predicted molar refractivity (Wildman–Crippen MR) is 92.2 cm³/mol. The molecule has 6 heteroatoms. The highest BCUT2D eigenvalue weighted by Gasteiger charge is 2.29. The molecule has 2 aromatic rings. The first-order chi connectivity index (χ1) is 11.8. The lowest BCUT2D eigenvalue weighted by Crippen LogP contribution is -2.29. The SMILES string of the molecule is CCc1ccc(CN(C)CC(=O)Nc2ccc(C(F)(F)F)cc2)cc1. The third-order valence-electron chi connectivity index (χ3n) is 3.79. The minimum atomic E-state index is -4.38. The number of carbonyl (C=O) groups excluding carboxylic acids is 1. The van der Waals surface area contributed by atoms with Crippen LogP contribution >= 0.6 is 0 Å². The van der Waals surface area contributed by atoms with E-state index in [0.717, 1.165) is 24.1 Å². The smallest absolute Gasteiger partial charge is 0.325 e. The van der Waals surface area contributed by atoms with Gasteiger partial charge in [-0.1, -0.05) is 31.2 Å². The molecule has 0 heterocycles. The zero-order chi connectivity index (χ0) is 18.4. The Bertz CT molecular complexity index is 694. The molecule has 134 valence electrons. The van der Waals surface area contributed by atoms with Gasteiger partial charge in [-0.15, -0.1) is 0 Å². The van der Waals surface area contributed by atoms with E-state index in [1.54, 1.807) is 0 Å². The van der Waals surface area contributed by atoms with Gasteiger partial charge in [0, 0.05) is 12.2 Å². The van der Waals surface area contributed by atoms with Gasteiger partial charge < -0.3 is 5.32 Å². The number of anilines is 1. The Morgan fingerprint density at radius 1 is 1.00 bits per heavy atom. The van der Waals surface area contributed by atoms with Gasteiger partial charge in [0.15, 0.2) is 0 Å². The van der Waals surface area contributed by atoms with E-state index in [-0.39, 0.29) is 12.5 Å². The first-order valence-corrected chi connectivity index (χ1v) is 8.01. The summed E-state index contributed by atoms with van der Waals surface area (Å²) < 4.78 is 37.5. The number of amides is 1. The Hall–Kier alpha value is -2.34. The average molecular weight is 350 g/mol. The summed E-state index contributed by atoms with van der Waals surface area (Å²) >= 11 is 0. The number of carbonyl (C=O) groups is 1. The van der Waals surface area contributed by atoms with Crippen molar-refractivity contribution < 1.29 is 18.0 Å². The van der Waals surface area contributed by atoms with Crippen LogP contribution in [0.2, 0.25) is 0 Å². The van der Waals surface area contributed by atoms with Gasteiger partial charge in [0.2, 0.25) is 5.91 Å². The van der Waals surface area contributed by atoms with E-state index in [1.807, 2.05) is 24.1 Å². The maximum absolute atomic E-state index is 12.5. The van der Waals surface area contributed by atoms with Crippen molar-refractivity contribution >= 4 is 11.6 Å². The Labute approximate surface area is 145 Å². The van der Waals surface area contributed by atoms with Crippen LogP contribution in [0.1, 0.15) is 23.6 Å². The number of hydrogen-bond acceptors (Lipinski definition) is 2. The molecule has 0 saturated carbocycles. The van der Waals surface area contributed by atoms with Crippen molar-refractivity contribution in [3.8, 4) is 0 Å². The van der Waals surface area contributed by atoms with Gasteiger partial charge in [-0.3, -0.25) is 9.69 Å². The summed E-state index contributed by atoms with van der Waals surface area (Å²) in [5.41, 5.74) is 1.96. The van der Waals surface area contributed by atoms with Gasteiger partial charge in [-0.25, -0.2) is 0 Å². The first-order valence-electron chi connectivity index (χ1n) is 8.01. The van der Waals surface area contributed by atoms with Crippen molar-refractivity contribution in [3.63, 3.8) is 0 Å². The van der Waals surface area contributed by atoms with E-state index in [2.05, 4.69) is 24.4 Å². The molecule has 0 radical (unpaired) electrons. The zero-order valence-electron chi connectivity index (χ0n) is 14.2. The molecule has 0 unspecified atom stereocenters. The van der Waals surface area contributed by atoms with Crippen LogP contribution < -0.4 is 5.32 Å². The fourth-order valence-corrected chi connectivity index (χ4v) is 2.44. The number of likely N-dealkylation sites (N-methyl/N-ethyl adjacent to an activating group) is 1. The minimum Gasteiger partial charge on any atom is -0.325 e. The molecule has 0 saturated heterocycles. The molecule has 0 aliphatic carbocycles. The molecule has 0 atom stereocenters. The van der Waals surface area contributed by atoms with Gasteiger partial charge in [0.25, 0.3) is 0 Å². The van der Waals surface area contributed by atoms with Crippen LogP contribution in [0, 0.1) is 0 Å². The fourth-order valence-electron chi connectivity index (χ4n) is 2.44. The second-order valence-electron chi connectivity index (χ2n) is 5.97. The standard InChI is InChI=1S/C19H21F3N2O/c1-3-14-4-6-15(7-5-14)12-24(2)13-18(25)23-17-10-8-16(9-11-17)19(20,21)22/h4-11H,3,12-13H2,1-2H3,(H,23,25). The van der Waals surface area contributed by atoms with Gasteiger partial charge in [0.1, 0.15) is 0 Å². The summed E-state index contributed by atoms with van der Waals surface area (Å²) in [6.07, 6.45) is -3.40. The summed E-state index contributed by atoms with van der Waals surface area (Å²) in [5.74, 6) is -0.271. The molecule has 0 aliphatic rings. The number of alkyl halides is 3. The molecule has 0 spiro atoms. The normalized spacial score (nSPS) is 11.6. The summed E-state index contributed by atoms with van der Waals surface area (Å²) in [6.45, 7) is 2.85. The zero-order valence-corrected chi connectivity index (χ0v) is 14.2. The molecular formula is C19H21F3N2O. The summed E-state index contributed by atoms with van der Waals surface area (Å²) in [4.78, 5) is 13.9. The van der Waals surface area contributed by atoms with E-state index in [4.69, 9.17) is 0 Å². The molecule has 0 bridgehead atoms. The molecule has 0 aliphatic heterocycles. The predicted octanol–water partition coefficient (Wildman–Crippen LogP) is 4.34.